The summed E-state index contributed by atoms with van der Waals surface area (Å²) in [6, 6.07) is 18.6. The van der Waals surface area contributed by atoms with Crippen LogP contribution in [0.1, 0.15) is 41.8 Å². The van der Waals surface area contributed by atoms with Crippen LogP contribution >= 0.6 is 0 Å². The zero-order chi connectivity index (χ0) is 23.5. The van der Waals surface area contributed by atoms with Gasteiger partial charge in [-0.1, -0.05) is 37.3 Å². The molecule has 0 saturated carbocycles. The van der Waals surface area contributed by atoms with Crippen LogP contribution in [0.2, 0.25) is 0 Å². The van der Waals surface area contributed by atoms with Crippen molar-refractivity contribution in [3.63, 3.8) is 0 Å². The van der Waals surface area contributed by atoms with Crippen molar-refractivity contribution in [3.8, 4) is 17.2 Å². The summed E-state index contributed by atoms with van der Waals surface area (Å²) in [6.07, 6.45) is 2.35. The van der Waals surface area contributed by atoms with E-state index >= 15 is 0 Å². The highest BCUT2D eigenvalue weighted by Gasteiger charge is 2.11. The van der Waals surface area contributed by atoms with E-state index in [1.54, 1.807) is 48.5 Å². The number of hydrazone groups is 1. The summed E-state index contributed by atoms with van der Waals surface area (Å²) in [5.41, 5.74) is 4.00. The highest BCUT2D eigenvalue weighted by Crippen LogP contribution is 2.28. The van der Waals surface area contributed by atoms with E-state index in [-0.39, 0.29) is 18.3 Å². The number of carbonyl (C=O) groups excluding carboxylic acids is 1. The summed E-state index contributed by atoms with van der Waals surface area (Å²) < 4.78 is 30.9. The minimum Gasteiger partial charge on any atom is -0.490 e. The quantitative estimate of drug-likeness (QED) is 0.316. The molecule has 0 aliphatic rings. The molecule has 0 heterocycles. The molecule has 6 nitrogen and oxygen atoms in total. The summed E-state index contributed by atoms with van der Waals surface area (Å²) in [5, 5.41) is 4.05. The normalized spacial score (nSPS) is 10.8. The van der Waals surface area contributed by atoms with Gasteiger partial charge in [0.15, 0.2) is 11.5 Å². The van der Waals surface area contributed by atoms with Gasteiger partial charge in [0.1, 0.15) is 18.2 Å². The number of hydrogen-bond donors (Lipinski definition) is 1. The van der Waals surface area contributed by atoms with Crippen LogP contribution in [0.4, 0.5) is 4.39 Å². The van der Waals surface area contributed by atoms with E-state index < -0.39 is 0 Å². The van der Waals surface area contributed by atoms with Crippen molar-refractivity contribution in [2.24, 2.45) is 5.10 Å². The predicted octanol–water partition coefficient (Wildman–Crippen LogP) is 5.36. The van der Waals surface area contributed by atoms with E-state index in [1.807, 2.05) is 26.0 Å². The molecule has 1 N–H and O–H groups in total. The number of benzene rings is 3. The van der Waals surface area contributed by atoms with Gasteiger partial charge in [-0.05, 0) is 49.7 Å². The van der Waals surface area contributed by atoms with Crippen LogP contribution in [-0.2, 0) is 6.61 Å². The third-order valence-corrected chi connectivity index (χ3v) is 4.60. The van der Waals surface area contributed by atoms with Gasteiger partial charge in [0.05, 0.1) is 19.4 Å². The zero-order valence-corrected chi connectivity index (χ0v) is 18.7. The molecular formula is C26H27FN2O4. The van der Waals surface area contributed by atoms with Crippen molar-refractivity contribution in [1.82, 2.24) is 5.43 Å². The fourth-order valence-electron chi connectivity index (χ4n) is 2.96. The average Bonchev–Trinajstić information content (AvgIpc) is 2.83. The molecule has 0 aliphatic carbocycles. The fourth-order valence-corrected chi connectivity index (χ4v) is 2.96. The van der Waals surface area contributed by atoms with Crippen molar-refractivity contribution in [2.45, 2.75) is 26.9 Å². The fraction of sp³-hybridized carbons (Fsp3) is 0.231. The Bertz CT molecular complexity index is 1100. The molecule has 0 radical (unpaired) electrons. The highest BCUT2D eigenvalue weighted by atomic mass is 19.1. The van der Waals surface area contributed by atoms with Crippen LogP contribution in [0.3, 0.4) is 0 Å². The number of ether oxygens (including phenoxy) is 3. The molecule has 3 rings (SSSR count). The summed E-state index contributed by atoms with van der Waals surface area (Å²) in [6.45, 7) is 4.98. The van der Waals surface area contributed by atoms with E-state index in [0.29, 0.717) is 47.2 Å². The van der Waals surface area contributed by atoms with E-state index in [0.717, 1.165) is 6.42 Å². The molecule has 0 saturated heterocycles. The lowest BCUT2D eigenvalue weighted by molar-refractivity contribution is 0.0954. The summed E-state index contributed by atoms with van der Waals surface area (Å²) in [5.74, 6) is 0.913. The molecule has 0 atom stereocenters. The molecule has 1 amide bonds. The van der Waals surface area contributed by atoms with Crippen LogP contribution < -0.4 is 19.6 Å². The van der Waals surface area contributed by atoms with Gasteiger partial charge in [0, 0.05) is 16.7 Å². The minimum absolute atomic E-state index is 0.0799. The number of nitrogens with one attached hydrogen (secondary N) is 1. The van der Waals surface area contributed by atoms with Gasteiger partial charge >= 0.3 is 0 Å². The first-order valence-corrected chi connectivity index (χ1v) is 10.8. The molecule has 3 aromatic carbocycles. The second kappa shape index (κ2) is 12.2. The lowest BCUT2D eigenvalue weighted by atomic mass is 10.2. The molecule has 0 aromatic heterocycles. The Hall–Kier alpha value is -3.87. The number of rotatable bonds is 11. The lowest BCUT2D eigenvalue weighted by Gasteiger charge is -2.12. The molecular weight excluding hydrogens is 423 g/mol. The summed E-state index contributed by atoms with van der Waals surface area (Å²) in [4.78, 5) is 12.6. The van der Waals surface area contributed by atoms with Gasteiger partial charge in [-0.3, -0.25) is 4.79 Å². The van der Waals surface area contributed by atoms with Crippen molar-refractivity contribution >= 4 is 12.1 Å². The third kappa shape index (κ3) is 6.80. The van der Waals surface area contributed by atoms with Gasteiger partial charge in [0.2, 0.25) is 0 Å². The first-order chi connectivity index (χ1) is 16.1. The van der Waals surface area contributed by atoms with E-state index in [9.17, 15) is 9.18 Å². The molecule has 0 fully saturated rings. The largest absolute Gasteiger partial charge is 0.490 e. The number of amides is 1. The van der Waals surface area contributed by atoms with Crippen LogP contribution in [0.15, 0.2) is 71.8 Å². The Balaban J connectivity index is 1.66. The van der Waals surface area contributed by atoms with Gasteiger partial charge in [-0.15, -0.1) is 0 Å². The molecule has 0 aliphatic heterocycles. The Morgan fingerprint density at radius 3 is 2.52 bits per heavy atom. The van der Waals surface area contributed by atoms with Crippen LogP contribution in [0, 0.1) is 5.82 Å². The highest BCUT2D eigenvalue weighted by molar-refractivity contribution is 5.95. The first kappa shape index (κ1) is 23.8. The third-order valence-electron chi connectivity index (χ3n) is 4.60. The topological polar surface area (TPSA) is 69.2 Å². The molecule has 0 bridgehead atoms. The monoisotopic (exact) mass is 450 g/mol. The van der Waals surface area contributed by atoms with Gasteiger partial charge in [-0.25, -0.2) is 9.82 Å². The van der Waals surface area contributed by atoms with Crippen molar-refractivity contribution < 1.29 is 23.4 Å². The molecule has 0 spiro atoms. The molecule has 0 unspecified atom stereocenters. The summed E-state index contributed by atoms with van der Waals surface area (Å²) in [7, 11) is 0. The number of hydrogen-bond acceptors (Lipinski definition) is 5. The van der Waals surface area contributed by atoms with Gasteiger partial charge < -0.3 is 14.2 Å². The molecule has 3 aromatic rings. The number of para-hydroxylation sites is 1. The Morgan fingerprint density at radius 2 is 1.73 bits per heavy atom. The number of carbonyl (C=O) groups is 1. The average molecular weight is 451 g/mol. The Morgan fingerprint density at radius 1 is 0.939 bits per heavy atom. The molecule has 172 valence electrons. The maximum Gasteiger partial charge on any atom is 0.271 e. The van der Waals surface area contributed by atoms with E-state index in [4.69, 9.17) is 14.2 Å². The standard InChI is InChI=1S/C26H27FN2O4/c1-3-15-32-24-14-13-19(16-25(24)31-4-2)26(30)29-28-17-20-9-6-8-12-23(20)33-18-21-10-5-7-11-22(21)27/h5-14,16-17H,3-4,15,18H2,1-2H3,(H,29,30)/b28-17+. The second-order valence-corrected chi connectivity index (χ2v) is 7.06. The first-order valence-electron chi connectivity index (χ1n) is 10.8. The summed E-state index contributed by atoms with van der Waals surface area (Å²) >= 11 is 0. The lowest BCUT2D eigenvalue weighted by Crippen LogP contribution is -2.18. The molecule has 33 heavy (non-hydrogen) atoms. The van der Waals surface area contributed by atoms with Crippen LogP contribution in [0.25, 0.3) is 0 Å². The predicted molar refractivity (Wildman–Crippen MR) is 126 cm³/mol. The van der Waals surface area contributed by atoms with E-state index in [2.05, 4.69) is 10.5 Å². The van der Waals surface area contributed by atoms with Crippen molar-refractivity contribution in [1.29, 1.82) is 0 Å². The number of nitrogens with zero attached hydrogens (tertiary/aromatic N) is 1. The zero-order valence-electron chi connectivity index (χ0n) is 18.7. The maximum absolute atomic E-state index is 13.8. The van der Waals surface area contributed by atoms with E-state index in [1.165, 1.54) is 12.3 Å². The maximum atomic E-state index is 13.8. The SMILES string of the molecule is CCCOc1ccc(C(=O)N/N=C/c2ccccc2OCc2ccccc2F)cc1OCC. The minimum atomic E-state index is -0.390. The van der Waals surface area contributed by atoms with Gasteiger partial charge in [-0.2, -0.15) is 5.10 Å². The van der Waals surface area contributed by atoms with Gasteiger partial charge in [0.25, 0.3) is 5.91 Å². The smallest absolute Gasteiger partial charge is 0.271 e. The molecule has 7 heteroatoms. The number of halogens is 1. The van der Waals surface area contributed by atoms with Crippen LogP contribution in [-0.4, -0.2) is 25.3 Å². The second-order valence-electron chi connectivity index (χ2n) is 7.06. The van der Waals surface area contributed by atoms with Crippen molar-refractivity contribution in [3.05, 3.63) is 89.2 Å². The Kier molecular flexibility index (Phi) is 8.82. The Labute approximate surface area is 193 Å². The van der Waals surface area contributed by atoms with Crippen LogP contribution in [0.5, 0.6) is 17.2 Å². The van der Waals surface area contributed by atoms with Crippen molar-refractivity contribution in [2.75, 3.05) is 13.2 Å².